The van der Waals surface area contributed by atoms with Crippen molar-refractivity contribution in [2.45, 2.75) is 9.79 Å². The van der Waals surface area contributed by atoms with Crippen LogP contribution in [-0.2, 0) is 20.0 Å². The van der Waals surface area contributed by atoms with Gasteiger partial charge in [0.2, 0.25) is 0 Å². The van der Waals surface area contributed by atoms with Gasteiger partial charge >= 0.3 is 0 Å². The van der Waals surface area contributed by atoms with Crippen LogP contribution in [0.2, 0.25) is 0 Å². The number of nitrogens with zero attached hydrogens (tertiary/aromatic N) is 1. The van der Waals surface area contributed by atoms with Crippen LogP contribution in [0.3, 0.4) is 0 Å². The molecule has 2 aromatic rings. The highest BCUT2D eigenvalue weighted by Gasteiger charge is 2.39. The quantitative estimate of drug-likeness (QED) is 0.438. The minimum Gasteiger partial charge on any atom is -0.268 e. The number of rotatable bonds is 0. The van der Waals surface area contributed by atoms with Crippen LogP contribution in [0, 0.1) is 0 Å². The van der Waals surface area contributed by atoms with Crippen molar-refractivity contribution in [1.82, 2.24) is 7.24 Å². The molecule has 0 bridgehead atoms. The van der Waals surface area contributed by atoms with Gasteiger partial charge in [0.1, 0.15) is 9.79 Å². The molecule has 4 rings (SSSR count). The lowest BCUT2D eigenvalue weighted by Crippen LogP contribution is -2.20. The number of carbonyl (C=O) groups is 2. The second-order valence-corrected chi connectivity index (χ2v) is 9.98. The summed E-state index contributed by atoms with van der Waals surface area (Å²) in [6.07, 6.45) is 0. The van der Waals surface area contributed by atoms with E-state index in [2.05, 4.69) is 0 Å². The fourth-order valence-electron chi connectivity index (χ4n) is 2.28. The molecule has 0 radical (unpaired) electrons. The number of fused-ring (bicyclic) bond motifs is 2. The van der Waals surface area contributed by atoms with Gasteiger partial charge in [0.05, 0.1) is 34.0 Å². The Morgan fingerprint density at radius 3 is 1.88 bits per heavy atom. The lowest BCUT2D eigenvalue weighted by Gasteiger charge is -2.02. The normalized spacial score (nSPS) is 18.7. The Morgan fingerprint density at radius 1 is 0.800 bits per heavy atom. The van der Waals surface area contributed by atoms with Gasteiger partial charge in [0, 0.05) is 0 Å². The molecule has 2 aliphatic rings. The second kappa shape index (κ2) is 6.07. The topological polar surface area (TPSA) is 118 Å². The summed E-state index contributed by atoms with van der Waals surface area (Å²) in [5, 5.41) is 0. The van der Waals surface area contributed by atoms with Gasteiger partial charge in [-0.05, 0) is 24.3 Å². The summed E-state index contributed by atoms with van der Waals surface area (Å²) < 4.78 is 47.9. The van der Waals surface area contributed by atoms with Crippen LogP contribution in [0.25, 0.3) is 0 Å². The molecule has 0 aromatic heterocycles. The van der Waals surface area contributed by atoms with Gasteiger partial charge in [-0.15, -0.1) is 0 Å². The SMILES string of the molecule is O=C1NS(=O)(=O)c2ccccc21.O=C1c2ccccc2S(=O)(=O)N1I. The van der Waals surface area contributed by atoms with Crippen LogP contribution in [0.5, 0.6) is 0 Å². The number of hydrogen-bond acceptors (Lipinski definition) is 6. The third-order valence-electron chi connectivity index (χ3n) is 3.41. The summed E-state index contributed by atoms with van der Waals surface area (Å²) in [5.74, 6) is -1.03. The molecule has 1 N–H and O–H groups in total. The summed E-state index contributed by atoms with van der Waals surface area (Å²) in [7, 11) is -7.12. The molecule has 11 heteroatoms. The molecule has 0 saturated carbocycles. The molecule has 130 valence electrons. The predicted molar refractivity (Wildman–Crippen MR) is 94.9 cm³/mol. The van der Waals surface area contributed by atoms with Crippen LogP contribution < -0.4 is 4.72 Å². The van der Waals surface area contributed by atoms with Crippen molar-refractivity contribution in [3.8, 4) is 0 Å². The number of benzene rings is 2. The van der Waals surface area contributed by atoms with Crippen LogP contribution in [0.1, 0.15) is 20.7 Å². The molecular weight excluding hydrogens is 483 g/mol. The molecule has 0 spiro atoms. The van der Waals surface area contributed by atoms with Crippen molar-refractivity contribution in [1.29, 1.82) is 0 Å². The molecule has 8 nitrogen and oxygen atoms in total. The van der Waals surface area contributed by atoms with Gasteiger partial charge in [-0.3, -0.25) is 9.59 Å². The van der Waals surface area contributed by atoms with Crippen molar-refractivity contribution in [3.63, 3.8) is 0 Å². The average Bonchev–Trinajstić information content (AvgIpc) is 2.92. The van der Waals surface area contributed by atoms with Crippen LogP contribution in [-0.4, -0.2) is 31.2 Å². The number of carbonyl (C=O) groups excluding carboxylic acids is 2. The van der Waals surface area contributed by atoms with Crippen LogP contribution in [0.15, 0.2) is 58.3 Å². The second-order valence-electron chi connectivity index (χ2n) is 4.95. The van der Waals surface area contributed by atoms with E-state index in [4.69, 9.17) is 0 Å². The average molecular weight is 492 g/mol. The Balaban J connectivity index is 0.000000146. The first kappa shape index (κ1) is 17.8. The minimum absolute atomic E-state index is 0.0648. The van der Waals surface area contributed by atoms with Crippen LogP contribution in [0.4, 0.5) is 0 Å². The van der Waals surface area contributed by atoms with Crippen molar-refractivity contribution in [2.75, 3.05) is 0 Å². The van der Waals surface area contributed by atoms with E-state index in [0.29, 0.717) is 0 Å². The van der Waals surface area contributed by atoms with E-state index < -0.39 is 31.9 Å². The molecule has 0 aliphatic carbocycles. The highest BCUT2D eigenvalue weighted by Crippen LogP contribution is 2.32. The molecule has 0 fully saturated rings. The van der Waals surface area contributed by atoms with Gasteiger partial charge in [0.25, 0.3) is 31.9 Å². The van der Waals surface area contributed by atoms with Gasteiger partial charge in [-0.2, -0.15) is 2.52 Å². The Labute approximate surface area is 157 Å². The van der Waals surface area contributed by atoms with Gasteiger partial charge in [0.15, 0.2) is 0 Å². The lowest BCUT2D eigenvalue weighted by molar-refractivity contribution is 0.0942. The minimum atomic E-state index is -3.56. The monoisotopic (exact) mass is 492 g/mol. The molecule has 2 heterocycles. The summed E-state index contributed by atoms with van der Waals surface area (Å²) in [6.45, 7) is 0. The zero-order valence-electron chi connectivity index (χ0n) is 12.2. The van der Waals surface area contributed by atoms with Gasteiger partial charge < -0.3 is 0 Å². The Hall–Kier alpha value is -1.99. The fourth-order valence-corrected chi connectivity index (χ4v) is 5.52. The number of nitrogens with one attached hydrogen (secondary N) is 1. The van der Waals surface area contributed by atoms with E-state index in [1.54, 1.807) is 24.3 Å². The number of amides is 2. The van der Waals surface area contributed by atoms with Crippen molar-refractivity contribution >= 4 is 54.7 Å². The first-order valence-electron chi connectivity index (χ1n) is 6.67. The molecule has 0 atom stereocenters. The fraction of sp³-hybridized carbons (Fsp3) is 0. The van der Waals surface area contributed by atoms with E-state index in [1.165, 1.54) is 47.1 Å². The molecule has 0 unspecified atom stereocenters. The maximum absolute atomic E-state index is 11.5. The zero-order valence-corrected chi connectivity index (χ0v) is 16.0. The zero-order chi connectivity index (χ0) is 18.4. The standard InChI is InChI=1S/C7H4INO3S.C7H5NO3S/c8-9-7(10)5-3-1-2-4-6(5)13(9,11)12;9-7-5-3-1-2-4-6(5)12(10,11)8-7/h1-4H;1-4H,(H,8,9). The van der Waals surface area contributed by atoms with E-state index >= 15 is 0 Å². The van der Waals surface area contributed by atoms with E-state index in [1.807, 2.05) is 4.72 Å². The molecular formula is C14H9IN2O6S2. The number of sulfonamides is 2. The molecule has 2 aliphatic heterocycles. The molecule has 2 amide bonds. The highest BCUT2D eigenvalue weighted by molar-refractivity contribution is 14.1. The summed E-state index contributed by atoms with van der Waals surface area (Å²) in [5.41, 5.74) is 0.467. The Bertz CT molecular complexity index is 1110. The Morgan fingerprint density at radius 2 is 1.32 bits per heavy atom. The van der Waals surface area contributed by atoms with Crippen molar-refractivity contribution < 1.29 is 26.4 Å². The van der Waals surface area contributed by atoms with E-state index in [9.17, 15) is 26.4 Å². The summed E-state index contributed by atoms with van der Waals surface area (Å²) in [6, 6.07) is 12.3. The van der Waals surface area contributed by atoms with Gasteiger partial charge in [-0.1, -0.05) is 24.3 Å². The number of halogens is 1. The lowest BCUT2D eigenvalue weighted by atomic mass is 10.2. The first-order chi connectivity index (χ1) is 11.7. The summed E-state index contributed by atoms with van der Waals surface area (Å²) >= 11 is 1.49. The molecule has 0 saturated heterocycles. The van der Waals surface area contributed by atoms with Gasteiger partial charge in [-0.25, -0.2) is 21.6 Å². The molecule has 2 aromatic carbocycles. The van der Waals surface area contributed by atoms with Crippen LogP contribution >= 0.6 is 22.9 Å². The highest BCUT2D eigenvalue weighted by atomic mass is 127. The third-order valence-corrected chi connectivity index (χ3v) is 8.30. The Kier molecular flexibility index (Phi) is 4.33. The third kappa shape index (κ3) is 2.91. The maximum Gasteiger partial charge on any atom is 0.278 e. The largest absolute Gasteiger partial charge is 0.278 e. The molecule has 25 heavy (non-hydrogen) atoms. The first-order valence-corrected chi connectivity index (χ1v) is 10.6. The van der Waals surface area contributed by atoms with Crippen molar-refractivity contribution in [2.24, 2.45) is 0 Å². The smallest absolute Gasteiger partial charge is 0.268 e. The van der Waals surface area contributed by atoms with E-state index in [-0.39, 0.29) is 20.9 Å². The summed E-state index contributed by atoms with van der Waals surface area (Å²) in [4.78, 5) is 22.5. The predicted octanol–water partition coefficient (Wildman–Crippen LogP) is 1.30. The van der Waals surface area contributed by atoms with E-state index in [0.717, 1.165) is 2.52 Å². The van der Waals surface area contributed by atoms with Crippen molar-refractivity contribution in [3.05, 3.63) is 59.7 Å². The number of hydrogen-bond donors (Lipinski definition) is 1. The maximum atomic E-state index is 11.5.